The number of benzene rings is 3. The molecule has 0 aliphatic heterocycles. The number of anilines is 1. The minimum absolute atomic E-state index is 0.0973. The molecule has 1 amide bonds. The highest BCUT2D eigenvalue weighted by atomic mass is 32.2. The summed E-state index contributed by atoms with van der Waals surface area (Å²) >= 11 is 0. The Labute approximate surface area is 188 Å². The predicted octanol–water partition coefficient (Wildman–Crippen LogP) is 3.61. The van der Waals surface area contributed by atoms with Gasteiger partial charge >= 0.3 is 0 Å². The first kappa shape index (κ1) is 23.1. The summed E-state index contributed by atoms with van der Waals surface area (Å²) in [5.41, 5.74) is 1.19. The maximum atomic E-state index is 13.3. The number of nitrogens with one attached hydrogen (secondary N) is 1. The number of nitrogens with zero attached hydrogens (tertiary/aromatic N) is 1. The molecule has 0 unspecified atom stereocenters. The molecule has 3 rings (SSSR count). The molecule has 0 spiro atoms. The average Bonchev–Trinajstić information content (AvgIpc) is 2.82. The van der Waals surface area contributed by atoms with Crippen LogP contribution in [0.15, 0.2) is 83.8 Å². The quantitative estimate of drug-likeness (QED) is 0.506. The summed E-state index contributed by atoms with van der Waals surface area (Å²) < 4.78 is 38.5. The van der Waals surface area contributed by atoms with E-state index in [9.17, 15) is 13.2 Å². The van der Waals surface area contributed by atoms with Gasteiger partial charge in [-0.05, 0) is 48.9 Å². The van der Waals surface area contributed by atoms with Crippen molar-refractivity contribution in [2.24, 2.45) is 0 Å². The molecule has 0 saturated heterocycles. The van der Waals surface area contributed by atoms with Gasteiger partial charge in [-0.1, -0.05) is 36.4 Å². The third-order valence-electron chi connectivity index (χ3n) is 4.66. The summed E-state index contributed by atoms with van der Waals surface area (Å²) in [6.45, 7) is 2.31. The van der Waals surface area contributed by atoms with E-state index < -0.39 is 15.9 Å². The van der Waals surface area contributed by atoms with Gasteiger partial charge in [0.25, 0.3) is 10.0 Å². The van der Waals surface area contributed by atoms with Gasteiger partial charge in [0.1, 0.15) is 18.0 Å². The highest BCUT2D eigenvalue weighted by molar-refractivity contribution is 7.92. The fourth-order valence-corrected chi connectivity index (χ4v) is 4.53. The van der Waals surface area contributed by atoms with E-state index in [0.717, 1.165) is 9.87 Å². The van der Waals surface area contributed by atoms with E-state index in [1.165, 1.54) is 19.2 Å². The summed E-state index contributed by atoms with van der Waals surface area (Å²) in [4.78, 5) is 12.9. The third-order valence-corrected chi connectivity index (χ3v) is 6.45. The fraction of sp³-hybridized carbons (Fsp3) is 0.208. The smallest absolute Gasteiger partial charge is 0.264 e. The van der Waals surface area contributed by atoms with Crippen molar-refractivity contribution < 1.29 is 22.7 Å². The van der Waals surface area contributed by atoms with Crippen molar-refractivity contribution in [3.8, 4) is 11.5 Å². The van der Waals surface area contributed by atoms with Crippen molar-refractivity contribution in [1.82, 2.24) is 5.32 Å². The second kappa shape index (κ2) is 10.7. The molecular weight excluding hydrogens is 428 g/mol. The van der Waals surface area contributed by atoms with Crippen LogP contribution in [0.4, 0.5) is 5.69 Å². The topological polar surface area (TPSA) is 84.9 Å². The van der Waals surface area contributed by atoms with Gasteiger partial charge in [0.2, 0.25) is 5.91 Å². The van der Waals surface area contributed by atoms with Gasteiger partial charge in [-0.15, -0.1) is 0 Å². The van der Waals surface area contributed by atoms with Crippen LogP contribution in [0.1, 0.15) is 12.5 Å². The number of carbonyl (C=O) groups excluding carboxylic acids is 1. The molecule has 7 nitrogen and oxygen atoms in total. The van der Waals surface area contributed by atoms with E-state index in [-0.39, 0.29) is 18.0 Å². The number of sulfonamides is 1. The van der Waals surface area contributed by atoms with E-state index in [0.29, 0.717) is 23.8 Å². The van der Waals surface area contributed by atoms with Gasteiger partial charge < -0.3 is 14.8 Å². The molecule has 0 bridgehead atoms. The first-order chi connectivity index (χ1) is 15.4. The van der Waals surface area contributed by atoms with E-state index >= 15 is 0 Å². The first-order valence-electron chi connectivity index (χ1n) is 10.1. The van der Waals surface area contributed by atoms with E-state index in [1.807, 2.05) is 31.2 Å². The molecule has 0 aromatic heterocycles. The summed E-state index contributed by atoms with van der Waals surface area (Å²) in [6, 6.07) is 22.0. The Balaban J connectivity index is 1.82. The van der Waals surface area contributed by atoms with Crippen LogP contribution >= 0.6 is 0 Å². The molecule has 3 aromatic rings. The fourth-order valence-electron chi connectivity index (χ4n) is 3.10. The Morgan fingerprint density at radius 2 is 1.66 bits per heavy atom. The van der Waals surface area contributed by atoms with Gasteiger partial charge in [0, 0.05) is 12.6 Å². The van der Waals surface area contributed by atoms with Crippen LogP contribution in [0.25, 0.3) is 0 Å². The Morgan fingerprint density at radius 3 is 2.38 bits per heavy atom. The summed E-state index contributed by atoms with van der Waals surface area (Å²) in [6.07, 6.45) is 0. The van der Waals surface area contributed by atoms with Crippen LogP contribution in [0, 0.1) is 0 Å². The van der Waals surface area contributed by atoms with Crippen molar-refractivity contribution >= 4 is 21.6 Å². The maximum absolute atomic E-state index is 13.3. The molecule has 1 N–H and O–H groups in total. The highest BCUT2D eigenvalue weighted by Gasteiger charge is 2.27. The van der Waals surface area contributed by atoms with Gasteiger partial charge in [-0.3, -0.25) is 9.10 Å². The number of hydrogen-bond donors (Lipinski definition) is 1. The van der Waals surface area contributed by atoms with Crippen LogP contribution in [-0.4, -0.2) is 34.6 Å². The molecule has 0 aliphatic carbocycles. The first-order valence-corrected chi connectivity index (χ1v) is 11.6. The highest BCUT2D eigenvalue weighted by Crippen LogP contribution is 2.26. The molecule has 8 heteroatoms. The number of amides is 1. The predicted molar refractivity (Wildman–Crippen MR) is 123 cm³/mol. The normalized spacial score (nSPS) is 10.9. The molecule has 0 aliphatic rings. The van der Waals surface area contributed by atoms with Crippen LogP contribution in [0.2, 0.25) is 0 Å². The number of rotatable bonds is 10. The molecular formula is C24H26N2O5S. The lowest BCUT2D eigenvalue weighted by molar-refractivity contribution is -0.119. The molecule has 0 heterocycles. The summed E-state index contributed by atoms with van der Waals surface area (Å²) in [5.74, 6) is 0.766. The Bertz CT molecular complexity index is 1150. The average molecular weight is 455 g/mol. The van der Waals surface area contributed by atoms with Crippen LogP contribution in [0.3, 0.4) is 0 Å². The third kappa shape index (κ3) is 5.79. The van der Waals surface area contributed by atoms with Crippen LogP contribution in [0.5, 0.6) is 11.5 Å². The van der Waals surface area contributed by atoms with E-state index in [4.69, 9.17) is 9.47 Å². The molecule has 3 aromatic carbocycles. The van der Waals surface area contributed by atoms with Crippen LogP contribution in [-0.2, 0) is 21.4 Å². The van der Waals surface area contributed by atoms with E-state index in [2.05, 4.69) is 5.32 Å². The van der Waals surface area contributed by atoms with Crippen molar-refractivity contribution in [3.05, 3.63) is 84.4 Å². The molecule has 0 atom stereocenters. The van der Waals surface area contributed by atoms with Crippen molar-refractivity contribution in [2.45, 2.75) is 18.4 Å². The molecule has 32 heavy (non-hydrogen) atoms. The maximum Gasteiger partial charge on any atom is 0.264 e. The van der Waals surface area contributed by atoms with Gasteiger partial charge in [-0.2, -0.15) is 0 Å². The van der Waals surface area contributed by atoms with Gasteiger partial charge in [0.05, 0.1) is 24.3 Å². The Kier molecular flexibility index (Phi) is 7.72. The second-order valence-electron chi connectivity index (χ2n) is 6.88. The Hall–Kier alpha value is -3.52. The molecule has 0 fully saturated rings. The van der Waals surface area contributed by atoms with Gasteiger partial charge in [0.15, 0.2) is 0 Å². The lowest BCUT2D eigenvalue weighted by Gasteiger charge is -2.24. The second-order valence-corrected chi connectivity index (χ2v) is 8.75. The zero-order valence-corrected chi connectivity index (χ0v) is 18.8. The van der Waals surface area contributed by atoms with Crippen molar-refractivity contribution in [3.63, 3.8) is 0 Å². The zero-order chi connectivity index (χ0) is 23.0. The minimum atomic E-state index is -3.97. The largest absolute Gasteiger partial charge is 0.497 e. The van der Waals surface area contributed by atoms with Crippen molar-refractivity contribution in [2.75, 3.05) is 24.6 Å². The standard InChI is InChI=1S/C24H26N2O5S/c1-3-31-22-12-7-9-19(15-22)17-25-24(27)18-26(20-10-8-11-21(16-20)30-2)32(28,29)23-13-5-4-6-14-23/h4-16H,3,17-18H2,1-2H3,(H,25,27). The monoisotopic (exact) mass is 454 g/mol. The van der Waals surface area contributed by atoms with E-state index in [1.54, 1.807) is 42.5 Å². The zero-order valence-electron chi connectivity index (χ0n) is 18.0. The number of carbonyl (C=O) groups is 1. The molecule has 168 valence electrons. The summed E-state index contributed by atoms with van der Waals surface area (Å²) in [7, 11) is -2.48. The van der Waals surface area contributed by atoms with Gasteiger partial charge in [-0.25, -0.2) is 8.42 Å². The number of hydrogen-bond acceptors (Lipinski definition) is 5. The molecule has 0 radical (unpaired) electrons. The van der Waals surface area contributed by atoms with Crippen LogP contribution < -0.4 is 19.1 Å². The minimum Gasteiger partial charge on any atom is -0.497 e. The summed E-state index contributed by atoms with van der Waals surface area (Å²) in [5, 5.41) is 2.79. The number of methoxy groups -OCH3 is 1. The Morgan fingerprint density at radius 1 is 0.938 bits per heavy atom. The molecule has 0 saturated carbocycles. The SMILES string of the molecule is CCOc1cccc(CNC(=O)CN(c2cccc(OC)c2)S(=O)(=O)c2ccccc2)c1. The van der Waals surface area contributed by atoms with Crippen molar-refractivity contribution in [1.29, 1.82) is 0 Å². The number of ether oxygens (including phenoxy) is 2. The lowest BCUT2D eigenvalue weighted by Crippen LogP contribution is -2.40. The lowest BCUT2D eigenvalue weighted by atomic mass is 10.2.